The van der Waals surface area contributed by atoms with E-state index < -0.39 is 0 Å². The second-order valence-electron chi connectivity index (χ2n) is 6.68. The zero-order chi connectivity index (χ0) is 17.4. The molecule has 2 aliphatic rings. The first-order chi connectivity index (χ1) is 12.1. The van der Waals surface area contributed by atoms with Gasteiger partial charge in [-0.1, -0.05) is 12.1 Å². The van der Waals surface area contributed by atoms with Crippen molar-refractivity contribution >= 4 is 11.8 Å². The average molecular weight is 339 g/mol. The molecule has 6 nitrogen and oxygen atoms in total. The second-order valence-corrected chi connectivity index (χ2v) is 6.68. The minimum atomic E-state index is -0.174. The first-order valence-electron chi connectivity index (χ1n) is 8.63. The van der Waals surface area contributed by atoms with Gasteiger partial charge in [0.1, 0.15) is 5.76 Å². The van der Waals surface area contributed by atoms with Crippen molar-refractivity contribution in [3.05, 3.63) is 47.7 Å². The Balaban J connectivity index is 1.44. The summed E-state index contributed by atoms with van der Waals surface area (Å²) in [6.07, 6.45) is 3.32. The van der Waals surface area contributed by atoms with Crippen LogP contribution >= 0.6 is 0 Å². The van der Waals surface area contributed by atoms with E-state index in [1.807, 2.05) is 12.1 Å². The van der Waals surface area contributed by atoms with Gasteiger partial charge in [0, 0.05) is 36.3 Å². The predicted molar refractivity (Wildman–Crippen MR) is 93.4 cm³/mol. The van der Waals surface area contributed by atoms with Crippen LogP contribution < -0.4 is 16.0 Å². The molecular weight excluding hydrogens is 318 g/mol. The van der Waals surface area contributed by atoms with Crippen LogP contribution in [-0.2, 0) is 0 Å². The van der Waals surface area contributed by atoms with Gasteiger partial charge < -0.3 is 20.4 Å². The fraction of sp³-hybridized carbons (Fsp3) is 0.368. The van der Waals surface area contributed by atoms with Gasteiger partial charge in [0.05, 0.1) is 0 Å². The highest BCUT2D eigenvalue weighted by Gasteiger charge is 2.39. The lowest BCUT2D eigenvalue weighted by atomic mass is 9.95. The number of nitrogens with one attached hydrogen (secondary N) is 3. The number of carbonyl (C=O) groups is 2. The highest BCUT2D eigenvalue weighted by Crippen LogP contribution is 2.29. The molecule has 0 spiro atoms. The third-order valence-corrected chi connectivity index (χ3v) is 5.11. The monoisotopic (exact) mass is 339 g/mol. The molecule has 3 atom stereocenters. The SMILES string of the molecule is CNC(=O)c1ccc(-c2ccc(C(=O)N[C@@H]3C[C@H]4CC[C@@H]3N4)o2)cc1. The Morgan fingerprint density at radius 2 is 1.88 bits per heavy atom. The number of hydrogen-bond acceptors (Lipinski definition) is 4. The van der Waals surface area contributed by atoms with E-state index in [0.29, 0.717) is 29.2 Å². The molecule has 0 saturated carbocycles. The maximum absolute atomic E-state index is 12.4. The van der Waals surface area contributed by atoms with Crippen molar-refractivity contribution in [2.75, 3.05) is 7.05 Å². The zero-order valence-electron chi connectivity index (χ0n) is 14.0. The van der Waals surface area contributed by atoms with E-state index >= 15 is 0 Å². The van der Waals surface area contributed by atoms with Gasteiger partial charge in [0.15, 0.2) is 5.76 Å². The van der Waals surface area contributed by atoms with E-state index in [1.54, 1.807) is 31.3 Å². The first-order valence-corrected chi connectivity index (χ1v) is 8.63. The molecule has 0 unspecified atom stereocenters. The topological polar surface area (TPSA) is 83.4 Å². The lowest BCUT2D eigenvalue weighted by Crippen LogP contribution is -2.42. The molecule has 0 radical (unpaired) electrons. The number of amides is 2. The maximum atomic E-state index is 12.4. The van der Waals surface area contributed by atoms with Gasteiger partial charge in [-0.3, -0.25) is 9.59 Å². The van der Waals surface area contributed by atoms with Crippen molar-refractivity contribution in [3.8, 4) is 11.3 Å². The van der Waals surface area contributed by atoms with Crippen molar-refractivity contribution < 1.29 is 14.0 Å². The summed E-state index contributed by atoms with van der Waals surface area (Å²) >= 11 is 0. The quantitative estimate of drug-likeness (QED) is 0.795. The number of carbonyl (C=O) groups excluding carboxylic acids is 2. The number of rotatable bonds is 4. The summed E-state index contributed by atoms with van der Waals surface area (Å²) in [4.78, 5) is 24.0. The van der Waals surface area contributed by atoms with Crippen LogP contribution in [0, 0.1) is 0 Å². The minimum Gasteiger partial charge on any atom is -0.451 e. The molecule has 3 heterocycles. The Labute approximate surface area is 146 Å². The molecule has 4 rings (SSSR count). The molecule has 2 saturated heterocycles. The summed E-state index contributed by atoms with van der Waals surface area (Å²) in [5.74, 6) is 0.617. The van der Waals surface area contributed by atoms with Crippen LogP contribution in [0.1, 0.15) is 40.2 Å². The summed E-state index contributed by atoms with van der Waals surface area (Å²) < 4.78 is 5.72. The predicted octanol–water partition coefficient (Wildman–Crippen LogP) is 1.93. The molecule has 25 heavy (non-hydrogen) atoms. The molecule has 2 aromatic rings. The van der Waals surface area contributed by atoms with Gasteiger partial charge in [0.25, 0.3) is 11.8 Å². The van der Waals surface area contributed by atoms with Crippen molar-refractivity contribution in [1.82, 2.24) is 16.0 Å². The van der Waals surface area contributed by atoms with Gasteiger partial charge in [-0.05, 0) is 43.5 Å². The minimum absolute atomic E-state index is 0.134. The van der Waals surface area contributed by atoms with Crippen molar-refractivity contribution in [1.29, 1.82) is 0 Å². The molecule has 2 aliphatic heterocycles. The first kappa shape index (κ1) is 15.9. The van der Waals surface area contributed by atoms with Crippen molar-refractivity contribution in [2.24, 2.45) is 0 Å². The molecule has 2 fully saturated rings. The normalized spacial score (nSPS) is 24.3. The number of fused-ring (bicyclic) bond motifs is 2. The molecule has 6 heteroatoms. The lowest BCUT2D eigenvalue weighted by Gasteiger charge is -2.20. The van der Waals surface area contributed by atoms with Gasteiger partial charge in [-0.2, -0.15) is 0 Å². The van der Waals surface area contributed by atoms with Gasteiger partial charge >= 0.3 is 0 Å². The number of hydrogen-bond donors (Lipinski definition) is 3. The van der Waals surface area contributed by atoms with Crippen LogP contribution in [0.5, 0.6) is 0 Å². The summed E-state index contributed by atoms with van der Waals surface area (Å²) in [6, 6.07) is 11.7. The Morgan fingerprint density at radius 1 is 1.08 bits per heavy atom. The third-order valence-electron chi connectivity index (χ3n) is 5.11. The Bertz CT molecular complexity index is 797. The number of benzene rings is 1. The van der Waals surface area contributed by atoms with E-state index in [4.69, 9.17) is 4.42 Å². The van der Waals surface area contributed by atoms with E-state index in [-0.39, 0.29) is 17.9 Å². The van der Waals surface area contributed by atoms with Crippen LogP contribution in [0.2, 0.25) is 0 Å². The standard InChI is InChI=1S/C19H21N3O3/c1-20-18(23)12-4-2-11(3-5-12)16-8-9-17(25-16)19(24)22-15-10-13-6-7-14(15)21-13/h2-5,8-9,13-15,21H,6-7,10H2,1H3,(H,20,23)(H,22,24)/t13-,14+,15-/m1/s1. The summed E-state index contributed by atoms with van der Waals surface area (Å²) in [5.41, 5.74) is 1.41. The van der Waals surface area contributed by atoms with Gasteiger partial charge in [0.2, 0.25) is 0 Å². The molecular formula is C19H21N3O3. The maximum Gasteiger partial charge on any atom is 0.287 e. The van der Waals surface area contributed by atoms with Crippen LogP contribution in [0.4, 0.5) is 0 Å². The highest BCUT2D eigenvalue weighted by molar-refractivity contribution is 5.94. The van der Waals surface area contributed by atoms with E-state index in [1.165, 1.54) is 6.42 Å². The molecule has 3 N–H and O–H groups in total. The number of furan rings is 1. The Morgan fingerprint density at radius 3 is 2.52 bits per heavy atom. The average Bonchev–Trinajstić information content (AvgIpc) is 3.37. The van der Waals surface area contributed by atoms with Crippen LogP contribution in [-0.4, -0.2) is 37.0 Å². The zero-order valence-corrected chi connectivity index (χ0v) is 14.0. The lowest BCUT2D eigenvalue weighted by molar-refractivity contribution is 0.0903. The van der Waals surface area contributed by atoms with Crippen molar-refractivity contribution in [3.63, 3.8) is 0 Å². The van der Waals surface area contributed by atoms with Crippen molar-refractivity contribution in [2.45, 2.75) is 37.4 Å². The van der Waals surface area contributed by atoms with Crippen LogP contribution in [0.3, 0.4) is 0 Å². The Kier molecular flexibility index (Phi) is 4.05. The van der Waals surface area contributed by atoms with E-state index in [2.05, 4.69) is 16.0 Å². The molecule has 0 aliphatic carbocycles. The Hall–Kier alpha value is -2.60. The molecule has 2 amide bonds. The molecule has 130 valence electrons. The summed E-state index contributed by atoms with van der Waals surface area (Å²) in [6.45, 7) is 0. The summed E-state index contributed by atoms with van der Waals surface area (Å²) in [5, 5.41) is 9.17. The van der Waals surface area contributed by atoms with Crippen LogP contribution in [0.25, 0.3) is 11.3 Å². The molecule has 1 aromatic heterocycles. The molecule has 2 bridgehead atoms. The smallest absolute Gasteiger partial charge is 0.287 e. The van der Waals surface area contributed by atoms with E-state index in [0.717, 1.165) is 18.4 Å². The van der Waals surface area contributed by atoms with Crippen LogP contribution in [0.15, 0.2) is 40.8 Å². The highest BCUT2D eigenvalue weighted by atomic mass is 16.3. The van der Waals surface area contributed by atoms with E-state index in [9.17, 15) is 9.59 Å². The fourth-order valence-electron chi connectivity index (χ4n) is 3.77. The molecule has 1 aromatic carbocycles. The fourth-order valence-corrected chi connectivity index (χ4v) is 3.77. The van der Waals surface area contributed by atoms with Gasteiger partial charge in [-0.25, -0.2) is 0 Å². The second kappa shape index (κ2) is 6.37. The third kappa shape index (κ3) is 3.05. The van der Waals surface area contributed by atoms with Gasteiger partial charge in [-0.15, -0.1) is 0 Å². The largest absolute Gasteiger partial charge is 0.451 e. The summed E-state index contributed by atoms with van der Waals surface area (Å²) in [7, 11) is 1.60.